The van der Waals surface area contributed by atoms with E-state index in [-0.39, 0.29) is 23.8 Å². The van der Waals surface area contributed by atoms with Crippen molar-refractivity contribution in [2.45, 2.75) is 6.10 Å². The number of fused-ring (bicyclic) bond motifs is 1. The molecule has 1 amide bonds. The van der Waals surface area contributed by atoms with Crippen molar-refractivity contribution in [1.82, 2.24) is 5.32 Å². The predicted octanol–water partition coefficient (Wildman–Crippen LogP) is 2.92. The molecule has 0 radical (unpaired) electrons. The Bertz CT molecular complexity index is 979. The smallest absolute Gasteiger partial charge is 0.287 e. The minimum absolute atomic E-state index is 0.0332. The number of methoxy groups -OCH3 is 2. The highest BCUT2D eigenvalue weighted by Gasteiger charge is 2.16. The van der Waals surface area contributed by atoms with Gasteiger partial charge in [-0.2, -0.15) is 0 Å². The number of rotatable bonds is 6. The fourth-order valence-electron chi connectivity index (χ4n) is 2.67. The molecule has 0 fully saturated rings. The molecular formula is C20H19NO5. The molecule has 0 bridgehead atoms. The normalized spacial score (nSPS) is 11.9. The zero-order chi connectivity index (χ0) is 18.5. The van der Waals surface area contributed by atoms with Crippen LogP contribution in [0.15, 0.2) is 63.8 Å². The minimum Gasteiger partial charge on any atom is -0.497 e. The highest BCUT2D eigenvalue weighted by molar-refractivity contribution is 5.93. The fraction of sp³-hybridized carbons (Fsp3) is 0.200. The largest absolute Gasteiger partial charge is 0.497 e. The summed E-state index contributed by atoms with van der Waals surface area (Å²) in [5, 5.41) is 3.18. The number of hydrogen-bond acceptors (Lipinski definition) is 5. The molecule has 6 nitrogen and oxygen atoms in total. The van der Waals surface area contributed by atoms with Crippen LogP contribution in [0.5, 0.6) is 5.75 Å². The maximum atomic E-state index is 12.4. The van der Waals surface area contributed by atoms with Crippen LogP contribution in [-0.4, -0.2) is 26.7 Å². The van der Waals surface area contributed by atoms with E-state index < -0.39 is 5.91 Å². The SMILES string of the molecule is COc1cccc(C(CNC(=O)c2cc(=O)c3ccccc3o2)OC)c1. The second-order valence-corrected chi connectivity index (χ2v) is 5.68. The zero-order valence-electron chi connectivity index (χ0n) is 14.5. The van der Waals surface area contributed by atoms with Crippen molar-refractivity contribution in [3.63, 3.8) is 0 Å². The number of carbonyl (C=O) groups is 1. The van der Waals surface area contributed by atoms with Gasteiger partial charge < -0.3 is 19.2 Å². The number of carbonyl (C=O) groups excluding carboxylic acids is 1. The van der Waals surface area contributed by atoms with E-state index in [0.717, 1.165) is 5.56 Å². The molecule has 0 saturated carbocycles. The molecule has 1 N–H and O–H groups in total. The van der Waals surface area contributed by atoms with Gasteiger partial charge in [-0.1, -0.05) is 24.3 Å². The quantitative estimate of drug-likeness (QED) is 0.737. The van der Waals surface area contributed by atoms with Crippen molar-refractivity contribution in [2.75, 3.05) is 20.8 Å². The fourth-order valence-corrected chi connectivity index (χ4v) is 2.67. The number of benzene rings is 2. The summed E-state index contributed by atoms with van der Waals surface area (Å²) in [6, 6.07) is 15.4. The maximum absolute atomic E-state index is 12.4. The first kappa shape index (κ1) is 17.7. The van der Waals surface area contributed by atoms with Crippen LogP contribution in [0.25, 0.3) is 11.0 Å². The molecule has 1 atom stereocenters. The number of nitrogens with one attached hydrogen (secondary N) is 1. The Hall–Kier alpha value is -3.12. The van der Waals surface area contributed by atoms with Gasteiger partial charge in [-0.3, -0.25) is 9.59 Å². The standard InChI is InChI=1S/C20H19NO5/c1-24-14-7-5-6-13(10-14)19(25-2)12-21-20(23)18-11-16(22)15-8-3-4-9-17(15)26-18/h3-11,19H,12H2,1-2H3,(H,21,23). The van der Waals surface area contributed by atoms with Crippen LogP contribution >= 0.6 is 0 Å². The maximum Gasteiger partial charge on any atom is 0.287 e. The summed E-state index contributed by atoms with van der Waals surface area (Å²) >= 11 is 0. The molecule has 0 spiro atoms. The minimum atomic E-state index is -0.474. The lowest BCUT2D eigenvalue weighted by molar-refractivity contribution is 0.0807. The van der Waals surface area contributed by atoms with Crippen LogP contribution in [0.2, 0.25) is 0 Å². The van der Waals surface area contributed by atoms with E-state index in [1.54, 1.807) is 38.5 Å². The number of ether oxygens (including phenoxy) is 2. The van der Waals surface area contributed by atoms with Crippen LogP contribution in [0.4, 0.5) is 0 Å². The van der Waals surface area contributed by atoms with Gasteiger partial charge in [-0.25, -0.2) is 0 Å². The second-order valence-electron chi connectivity index (χ2n) is 5.68. The van der Waals surface area contributed by atoms with Crippen molar-refractivity contribution in [3.8, 4) is 5.75 Å². The Labute approximate surface area is 150 Å². The highest BCUT2D eigenvalue weighted by atomic mass is 16.5. The molecule has 6 heteroatoms. The van der Waals surface area contributed by atoms with E-state index in [1.807, 2.05) is 24.3 Å². The molecule has 0 aliphatic rings. The summed E-state index contributed by atoms with van der Waals surface area (Å²) in [5.41, 5.74) is 0.987. The Morgan fingerprint density at radius 1 is 1.12 bits per heavy atom. The second kappa shape index (κ2) is 7.84. The number of hydrogen-bond donors (Lipinski definition) is 1. The molecule has 1 unspecified atom stereocenters. The lowest BCUT2D eigenvalue weighted by Gasteiger charge is -2.17. The van der Waals surface area contributed by atoms with Gasteiger partial charge in [0.05, 0.1) is 18.6 Å². The van der Waals surface area contributed by atoms with Gasteiger partial charge in [-0.05, 0) is 29.8 Å². The Balaban J connectivity index is 1.76. The van der Waals surface area contributed by atoms with Gasteiger partial charge >= 0.3 is 0 Å². The monoisotopic (exact) mass is 353 g/mol. The molecule has 0 saturated heterocycles. The third kappa shape index (κ3) is 3.75. The van der Waals surface area contributed by atoms with E-state index in [9.17, 15) is 9.59 Å². The average Bonchev–Trinajstić information content (AvgIpc) is 2.68. The predicted molar refractivity (Wildman–Crippen MR) is 97.6 cm³/mol. The third-order valence-corrected chi connectivity index (χ3v) is 4.06. The topological polar surface area (TPSA) is 77.8 Å². The molecule has 3 rings (SSSR count). The van der Waals surface area contributed by atoms with Gasteiger partial charge in [-0.15, -0.1) is 0 Å². The van der Waals surface area contributed by atoms with Gasteiger partial charge in [0.25, 0.3) is 5.91 Å². The Kier molecular flexibility index (Phi) is 5.34. The Morgan fingerprint density at radius 3 is 2.69 bits per heavy atom. The summed E-state index contributed by atoms with van der Waals surface area (Å²) in [6.45, 7) is 0.221. The van der Waals surface area contributed by atoms with Crippen LogP contribution in [-0.2, 0) is 4.74 Å². The molecular weight excluding hydrogens is 334 g/mol. The van der Waals surface area contributed by atoms with Crippen molar-refractivity contribution < 1.29 is 18.7 Å². The first-order chi connectivity index (χ1) is 12.6. The first-order valence-electron chi connectivity index (χ1n) is 8.10. The third-order valence-electron chi connectivity index (χ3n) is 4.06. The number of para-hydroxylation sites is 1. The molecule has 134 valence electrons. The molecule has 1 heterocycles. The van der Waals surface area contributed by atoms with Crippen LogP contribution in [0, 0.1) is 0 Å². The summed E-state index contributed by atoms with van der Waals surface area (Å²) in [4.78, 5) is 24.5. The van der Waals surface area contributed by atoms with Gasteiger partial charge in [0.15, 0.2) is 11.2 Å². The van der Waals surface area contributed by atoms with Crippen molar-refractivity contribution >= 4 is 16.9 Å². The summed E-state index contributed by atoms with van der Waals surface area (Å²) < 4.78 is 16.2. The number of amides is 1. The highest BCUT2D eigenvalue weighted by Crippen LogP contribution is 2.21. The summed E-state index contributed by atoms with van der Waals surface area (Å²) in [5.74, 6) is 0.198. The van der Waals surface area contributed by atoms with E-state index in [2.05, 4.69) is 5.32 Å². The molecule has 1 aromatic heterocycles. The van der Waals surface area contributed by atoms with Gasteiger partial charge in [0, 0.05) is 19.7 Å². The van der Waals surface area contributed by atoms with Crippen molar-refractivity contribution in [2.24, 2.45) is 0 Å². The summed E-state index contributed by atoms with van der Waals surface area (Å²) in [7, 11) is 3.15. The lowest BCUT2D eigenvalue weighted by Crippen LogP contribution is -2.29. The van der Waals surface area contributed by atoms with Crippen LogP contribution in [0.3, 0.4) is 0 Å². The van der Waals surface area contributed by atoms with Gasteiger partial charge in [0.2, 0.25) is 0 Å². The van der Waals surface area contributed by atoms with E-state index in [1.165, 1.54) is 6.07 Å². The van der Waals surface area contributed by atoms with E-state index >= 15 is 0 Å². The average molecular weight is 353 g/mol. The van der Waals surface area contributed by atoms with Gasteiger partial charge in [0.1, 0.15) is 11.3 Å². The molecule has 0 aliphatic heterocycles. The molecule has 2 aromatic carbocycles. The first-order valence-corrected chi connectivity index (χ1v) is 8.10. The Morgan fingerprint density at radius 2 is 1.92 bits per heavy atom. The lowest BCUT2D eigenvalue weighted by atomic mass is 10.1. The van der Waals surface area contributed by atoms with Crippen LogP contribution in [0.1, 0.15) is 22.2 Å². The summed E-state index contributed by atoms with van der Waals surface area (Å²) in [6.07, 6.45) is -0.360. The van der Waals surface area contributed by atoms with Crippen LogP contribution < -0.4 is 15.5 Å². The molecule has 3 aromatic rings. The van der Waals surface area contributed by atoms with Crippen molar-refractivity contribution in [1.29, 1.82) is 0 Å². The van der Waals surface area contributed by atoms with Crippen molar-refractivity contribution in [3.05, 3.63) is 76.1 Å². The molecule has 26 heavy (non-hydrogen) atoms. The zero-order valence-corrected chi connectivity index (χ0v) is 14.5. The van der Waals surface area contributed by atoms with E-state index in [0.29, 0.717) is 16.7 Å². The van der Waals surface area contributed by atoms with E-state index in [4.69, 9.17) is 13.9 Å². The molecule has 0 aliphatic carbocycles.